The van der Waals surface area contributed by atoms with Gasteiger partial charge in [-0.1, -0.05) is 0 Å². The first kappa shape index (κ1) is 11.9. The van der Waals surface area contributed by atoms with Crippen molar-refractivity contribution in [1.29, 1.82) is 0 Å². The first-order valence-electron chi connectivity index (χ1n) is 5.13. The van der Waals surface area contributed by atoms with E-state index in [9.17, 15) is 9.59 Å². The summed E-state index contributed by atoms with van der Waals surface area (Å²) in [5.74, 6) is 0.243. The minimum absolute atomic E-state index is 0.240. The van der Waals surface area contributed by atoms with E-state index in [4.69, 9.17) is 11.5 Å². The molecule has 15 heavy (non-hydrogen) atoms. The highest BCUT2D eigenvalue weighted by molar-refractivity contribution is 5.94. The molecule has 86 valence electrons. The van der Waals surface area contributed by atoms with E-state index in [1.54, 1.807) is 0 Å². The van der Waals surface area contributed by atoms with E-state index in [0.29, 0.717) is 12.5 Å². The number of nitrogens with one attached hydrogen (secondary N) is 1. The predicted octanol–water partition coefficient (Wildman–Crippen LogP) is -1.15. The topological polar surface area (TPSA) is 101 Å². The number of carbonyl (C=O) groups excluding carboxylic acids is 2. The lowest BCUT2D eigenvalue weighted by Crippen LogP contribution is -2.41. The maximum Gasteiger partial charge on any atom is 0.318 e. The highest BCUT2D eigenvalue weighted by Crippen LogP contribution is 2.18. The van der Waals surface area contributed by atoms with Gasteiger partial charge in [-0.05, 0) is 31.8 Å². The van der Waals surface area contributed by atoms with Gasteiger partial charge < -0.3 is 11.5 Å². The van der Waals surface area contributed by atoms with Gasteiger partial charge in [0.15, 0.2) is 0 Å². The quantitative estimate of drug-likeness (QED) is 0.550. The maximum atomic E-state index is 11.2. The van der Waals surface area contributed by atoms with Crippen LogP contribution in [0.5, 0.6) is 0 Å². The van der Waals surface area contributed by atoms with Crippen LogP contribution in [-0.2, 0) is 4.79 Å². The van der Waals surface area contributed by atoms with Gasteiger partial charge >= 0.3 is 6.03 Å². The molecule has 0 aromatic heterocycles. The molecule has 3 amide bonds. The Morgan fingerprint density at radius 2 is 2.20 bits per heavy atom. The standard InChI is InChI=1S/C9H18N4O2/c10-3-1-7-2-4-13(5-7)6-8(14)12-9(11)15/h7H,1-6,10H2,(H3,11,12,14,15). The zero-order valence-electron chi connectivity index (χ0n) is 8.74. The molecule has 1 fully saturated rings. The zero-order valence-corrected chi connectivity index (χ0v) is 8.74. The van der Waals surface area contributed by atoms with Crippen molar-refractivity contribution in [1.82, 2.24) is 10.2 Å². The average molecular weight is 214 g/mol. The molecule has 0 aromatic carbocycles. The van der Waals surface area contributed by atoms with Crippen LogP contribution < -0.4 is 16.8 Å². The van der Waals surface area contributed by atoms with E-state index in [0.717, 1.165) is 25.9 Å². The number of likely N-dealkylation sites (tertiary alicyclic amines) is 1. The minimum atomic E-state index is -0.794. The normalized spacial score (nSPS) is 21.5. The largest absolute Gasteiger partial charge is 0.351 e. The monoisotopic (exact) mass is 214 g/mol. The Morgan fingerprint density at radius 3 is 2.80 bits per heavy atom. The molecule has 1 heterocycles. The maximum absolute atomic E-state index is 11.2. The van der Waals surface area contributed by atoms with E-state index >= 15 is 0 Å². The van der Waals surface area contributed by atoms with E-state index in [1.165, 1.54) is 0 Å². The van der Waals surface area contributed by atoms with E-state index in [-0.39, 0.29) is 12.5 Å². The Morgan fingerprint density at radius 1 is 1.47 bits per heavy atom. The Bertz CT molecular complexity index is 244. The van der Waals surface area contributed by atoms with Crippen molar-refractivity contribution in [2.24, 2.45) is 17.4 Å². The summed E-state index contributed by atoms with van der Waals surface area (Å²) in [6.45, 7) is 2.69. The molecule has 0 aromatic rings. The summed E-state index contributed by atoms with van der Waals surface area (Å²) in [6.07, 6.45) is 2.06. The van der Waals surface area contributed by atoms with Crippen molar-refractivity contribution in [3.05, 3.63) is 0 Å². The fraction of sp³-hybridized carbons (Fsp3) is 0.778. The fourth-order valence-corrected chi connectivity index (χ4v) is 1.91. The Labute approximate surface area is 89.0 Å². The minimum Gasteiger partial charge on any atom is -0.351 e. The highest BCUT2D eigenvalue weighted by atomic mass is 16.2. The third-order valence-corrected chi connectivity index (χ3v) is 2.57. The Balaban J connectivity index is 2.23. The summed E-state index contributed by atoms with van der Waals surface area (Å²) in [5, 5.41) is 2.05. The van der Waals surface area contributed by atoms with E-state index < -0.39 is 6.03 Å². The van der Waals surface area contributed by atoms with Crippen molar-refractivity contribution < 1.29 is 9.59 Å². The summed E-state index contributed by atoms with van der Waals surface area (Å²) in [4.78, 5) is 23.6. The lowest BCUT2D eigenvalue weighted by Gasteiger charge is -2.14. The van der Waals surface area contributed by atoms with Gasteiger partial charge in [0.1, 0.15) is 0 Å². The third-order valence-electron chi connectivity index (χ3n) is 2.57. The molecular formula is C9H18N4O2. The van der Waals surface area contributed by atoms with Crippen LogP contribution in [0.1, 0.15) is 12.8 Å². The van der Waals surface area contributed by atoms with Crippen LogP contribution in [0.3, 0.4) is 0 Å². The van der Waals surface area contributed by atoms with Gasteiger partial charge in [0, 0.05) is 6.54 Å². The Hall–Kier alpha value is -1.14. The summed E-state index contributed by atoms with van der Waals surface area (Å²) < 4.78 is 0. The van der Waals surface area contributed by atoms with Crippen LogP contribution in [0.4, 0.5) is 4.79 Å². The second kappa shape index (κ2) is 5.67. The number of imide groups is 1. The first-order valence-corrected chi connectivity index (χ1v) is 5.13. The predicted molar refractivity (Wildman–Crippen MR) is 55.9 cm³/mol. The second-order valence-corrected chi connectivity index (χ2v) is 3.88. The number of hydrogen-bond acceptors (Lipinski definition) is 4. The smallest absolute Gasteiger partial charge is 0.318 e. The Kier molecular flexibility index (Phi) is 4.51. The molecule has 5 N–H and O–H groups in total. The van der Waals surface area contributed by atoms with Crippen LogP contribution in [-0.4, -0.2) is 43.0 Å². The molecule has 0 aliphatic carbocycles. The van der Waals surface area contributed by atoms with Crippen LogP contribution in [0.25, 0.3) is 0 Å². The van der Waals surface area contributed by atoms with Crippen molar-refractivity contribution in [3.63, 3.8) is 0 Å². The van der Waals surface area contributed by atoms with Crippen LogP contribution in [0.2, 0.25) is 0 Å². The van der Waals surface area contributed by atoms with Gasteiger partial charge in [0.2, 0.25) is 5.91 Å². The molecule has 1 saturated heterocycles. The fourth-order valence-electron chi connectivity index (χ4n) is 1.91. The van der Waals surface area contributed by atoms with Crippen molar-refractivity contribution in [2.45, 2.75) is 12.8 Å². The molecule has 1 unspecified atom stereocenters. The van der Waals surface area contributed by atoms with Crippen molar-refractivity contribution in [2.75, 3.05) is 26.2 Å². The lowest BCUT2D eigenvalue weighted by molar-refractivity contribution is -0.120. The number of rotatable bonds is 4. The summed E-state index contributed by atoms with van der Waals surface area (Å²) in [5.41, 5.74) is 10.3. The number of hydrogen-bond donors (Lipinski definition) is 3. The van der Waals surface area contributed by atoms with Gasteiger partial charge in [-0.15, -0.1) is 0 Å². The summed E-state index contributed by atoms with van der Waals surface area (Å²) >= 11 is 0. The van der Waals surface area contributed by atoms with E-state index in [1.807, 2.05) is 4.90 Å². The third kappa shape index (κ3) is 4.26. The number of urea groups is 1. The molecule has 1 aliphatic rings. The van der Waals surface area contributed by atoms with Gasteiger partial charge in [-0.2, -0.15) is 0 Å². The number of nitrogens with two attached hydrogens (primary N) is 2. The van der Waals surface area contributed by atoms with Gasteiger partial charge in [0.25, 0.3) is 0 Å². The van der Waals surface area contributed by atoms with Crippen LogP contribution in [0.15, 0.2) is 0 Å². The van der Waals surface area contributed by atoms with Crippen molar-refractivity contribution in [3.8, 4) is 0 Å². The molecule has 0 saturated carbocycles. The molecule has 0 bridgehead atoms. The van der Waals surface area contributed by atoms with E-state index in [2.05, 4.69) is 5.32 Å². The van der Waals surface area contributed by atoms with Crippen molar-refractivity contribution >= 4 is 11.9 Å². The molecule has 1 aliphatic heterocycles. The number of primary amides is 1. The highest BCUT2D eigenvalue weighted by Gasteiger charge is 2.23. The molecule has 0 radical (unpaired) electrons. The number of nitrogens with zero attached hydrogens (tertiary/aromatic N) is 1. The lowest BCUT2D eigenvalue weighted by atomic mass is 10.1. The zero-order chi connectivity index (χ0) is 11.3. The summed E-state index contributed by atoms with van der Waals surface area (Å²) in [7, 11) is 0. The number of amides is 3. The molecular weight excluding hydrogens is 196 g/mol. The molecule has 1 rings (SSSR count). The molecule has 0 spiro atoms. The van der Waals surface area contributed by atoms with Gasteiger partial charge in [-0.25, -0.2) is 4.79 Å². The second-order valence-electron chi connectivity index (χ2n) is 3.88. The molecule has 1 atom stereocenters. The van der Waals surface area contributed by atoms with Gasteiger partial charge in [-0.3, -0.25) is 15.0 Å². The SMILES string of the molecule is NCCC1CCN(CC(=O)NC(N)=O)C1. The molecule has 6 nitrogen and oxygen atoms in total. The van der Waals surface area contributed by atoms with Crippen LogP contribution in [0, 0.1) is 5.92 Å². The van der Waals surface area contributed by atoms with Gasteiger partial charge in [0.05, 0.1) is 6.54 Å². The first-order chi connectivity index (χ1) is 7.11. The van der Waals surface area contributed by atoms with Crippen LogP contribution >= 0.6 is 0 Å². The average Bonchev–Trinajstić information content (AvgIpc) is 2.51. The molecule has 6 heteroatoms. The number of carbonyl (C=O) groups is 2. The summed E-state index contributed by atoms with van der Waals surface area (Å²) in [6, 6.07) is -0.794.